The number of carbonyl (C=O) groups is 1. The Morgan fingerprint density at radius 2 is 1.84 bits per heavy atom. The lowest BCUT2D eigenvalue weighted by Crippen LogP contribution is -2.27. The minimum Gasteiger partial charge on any atom is -0.497 e. The number of methoxy groups -OCH3 is 2. The van der Waals surface area contributed by atoms with Crippen molar-refractivity contribution in [2.75, 3.05) is 38.5 Å². The van der Waals surface area contributed by atoms with Crippen molar-refractivity contribution >= 4 is 39.8 Å². The quantitative estimate of drug-likeness (QED) is 0.342. The number of nitrogens with one attached hydrogen (secondary N) is 1. The fourth-order valence-corrected chi connectivity index (χ4v) is 5.98. The number of anilines is 2. The Hall–Kier alpha value is -3.32. The van der Waals surface area contributed by atoms with E-state index in [1.54, 1.807) is 37.7 Å². The van der Waals surface area contributed by atoms with Gasteiger partial charge in [-0.3, -0.25) is 4.79 Å². The van der Waals surface area contributed by atoms with Gasteiger partial charge in [0.05, 0.1) is 25.5 Å². The van der Waals surface area contributed by atoms with Crippen molar-refractivity contribution in [1.29, 1.82) is 0 Å². The summed E-state index contributed by atoms with van der Waals surface area (Å²) in [5.74, 6) is 1.63. The summed E-state index contributed by atoms with van der Waals surface area (Å²) < 4.78 is 10.8. The van der Waals surface area contributed by atoms with Crippen molar-refractivity contribution in [1.82, 2.24) is 0 Å². The lowest BCUT2D eigenvalue weighted by atomic mass is 9.72. The first-order chi connectivity index (χ1) is 17.6. The third-order valence-corrected chi connectivity index (χ3v) is 8.26. The molecule has 1 unspecified atom stereocenters. The Bertz CT molecular complexity index is 1290. The molecule has 1 aromatic heterocycles. The van der Waals surface area contributed by atoms with E-state index in [4.69, 9.17) is 14.5 Å². The standard InChI is InChI=1S/C30H37N3O3S/c1-30(2,3)20-10-14-23-26(16-20)37-29(31-18-19-8-11-21(12-9-19)33(4)5)27(23)28(34)32-24-15-13-22(35-6)17-25(24)36-7/h8-9,11-13,15,17-18,20H,10,14,16H2,1-7H3,(H,32,34)/b31-18-. The van der Waals surface area contributed by atoms with E-state index < -0.39 is 0 Å². The van der Waals surface area contributed by atoms with Gasteiger partial charge in [0, 0.05) is 36.9 Å². The highest BCUT2D eigenvalue weighted by Crippen LogP contribution is 2.45. The maximum absolute atomic E-state index is 13.7. The number of hydrogen-bond donors (Lipinski definition) is 1. The summed E-state index contributed by atoms with van der Waals surface area (Å²) in [6, 6.07) is 13.6. The van der Waals surface area contributed by atoms with E-state index in [-0.39, 0.29) is 11.3 Å². The minimum atomic E-state index is -0.162. The molecule has 1 aliphatic carbocycles. The molecule has 3 aromatic rings. The van der Waals surface area contributed by atoms with Gasteiger partial charge in [-0.15, -0.1) is 11.3 Å². The van der Waals surface area contributed by atoms with Gasteiger partial charge in [0.1, 0.15) is 16.5 Å². The molecule has 0 fully saturated rings. The molecule has 37 heavy (non-hydrogen) atoms. The van der Waals surface area contributed by atoms with Crippen LogP contribution < -0.4 is 19.7 Å². The smallest absolute Gasteiger partial charge is 0.259 e. The van der Waals surface area contributed by atoms with Crippen LogP contribution in [0, 0.1) is 11.3 Å². The summed E-state index contributed by atoms with van der Waals surface area (Å²) in [5.41, 5.74) is 4.75. The van der Waals surface area contributed by atoms with Crippen LogP contribution in [0.25, 0.3) is 0 Å². The number of fused-ring (bicyclic) bond motifs is 1. The molecular weight excluding hydrogens is 482 g/mol. The number of aliphatic imine (C=N–C) groups is 1. The average Bonchev–Trinajstić information content (AvgIpc) is 3.25. The number of hydrogen-bond acceptors (Lipinski definition) is 6. The SMILES string of the molecule is COc1ccc(NC(=O)c2c(/N=C\c3ccc(N(C)C)cc3)sc3c2CCC(C(C)(C)C)C3)c(OC)c1. The van der Waals surface area contributed by atoms with Crippen LogP contribution in [0.1, 0.15) is 53.6 Å². The van der Waals surface area contributed by atoms with Crippen molar-refractivity contribution in [2.45, 2.75) is 40.0 Å². The Balaban J connectivity index is 1.69. The maximum Gasteiger partial charge on any atom is 0.259 e. The minimum absolute atomic E-state index is 0.162. The summed E-state index contributed by atoms with van der Waals surface area (Å²) >= 11 is 1.65. The number of rotatable bonds is 7. The van der Waals surface area contributed by atoms with Crippen LogP contribution in [0.3, 0.4) is 0 Å². The van der Waals surface area contributed by atoms with E-state index in [0.29, 0.717) is 28.7 Å². The zero-order valence-corrected chi connectivity index (χ0v) is 23.7. The van der Waals surface area contributed by atoms with Crippen LogP contribution in [-0.4, -0.2) is 40.4 Å². The number of thiophene rings is 1. The molecule has 1 aliphatic rings. The van der Waals surface area contributed by atoms with Gasteiger partial charge in [-0.1, -0.05) is 32.9 Å². The van der Waals surface area contributed by atoms with Crippen molar-refractivity contribution < 1.29 is 14.3 Å². The van der Waals surface area contributed by atoms with Crippen molar-refractivity contribution in [3.8, 4) is 11.5 Å². The average molecular weight is 520 g/mol. The largest absolute Gasteiger partial charge is 0.497 e. The summed E-state index contributed by atoms with van der Waals surface area (Å²) in [6.45, 7) is 6.91. The number of ether oxygens (including phenoxy) is 2. The van der Waals surface area contributed by atoms with Crippen LogP contribution in [0.4, 0.5) is 16.4 Å². The Morgan fingerprint density at radius 3 is 2.46 bits per heavy atom. The summed E-state index contributed by atoms with van der Waals surface area (Å²) in [6.07, 6.45) is 4.77. The number of nitrogens with zero attached hydrogens (tertiary/aromatic N) is 2. The van der Waals surface area contributed by atoms with Gasteiger partial charge in [-0.25, -0.2) is 4.99 Å². The van der Waals surface area contributed by atoms with Crippen LogP contribution in [0.2, 0.25) is 0 Å². The van der Waals surface area contributed by atoms with Crippen LogP contribution >= 0.6 is 11.3 Å². The normalized spacial score (nSPS) is 15.4. The fourth-order valence-electron chi connectivity index (χ4n) is 4.71. The third-order valence-electron chi connectivity index (χ3n) is 7.10. The highest BCUT2D eigenvalue weighted by molar-refractivity contribution is 7.16. The molecule has 1 atom stereocenters. The van der Waals surface area contributed by atoms with E-state index in [9.17, 15) is 4.79 Å². The second-order valence-corrected chi connectivity index (χ2v) is 11.8. The molecule has 0 spiro atoms. The molecule has 2 aromatic carbocycles. The van der Waals surface area contributed by atoms with Gasteiger partial charge < -0.3 is 19.7 Å². The summed E-state index contributed by atoms with van der Waals surface area (Å²) in [4.78, 5) is 21.9. The van der Waals surface area contributed by atoms with Crippen molar-refractivity contribution in [3.63, 3.8) is 0 Å². The molecule has 1 amide bonds. The first-order valence-electron chi connectivity index (χ1n) is 12.6. The molecule has 0 aliphatic heterocycles. The van der Waals surface area contributed by atoms with Gasteiger partial charge in [-0.2, -0.15) is 0 Å². The summed E-state index contributed by atoms with van der Waals surface area (Å²) in [5, 5.41) is 3.82. The molecular formula is C30H37N3O3S. The molecule has 0 bridgehead atoms. The highest BCUT2D eigenvalue weighted by Gasteiger charge is 2.33. The second kappa shape index (κ2) is 11.0. The number of amides is 1. The van der Waals surface area contributed by atoms with Gasteiger partial charge >= 0.3 is 0 Å². The van der Waals surface area contributed by atoms with Gasteiger partial charge in [0.15, 0.2) is 0 Å². The first kappa shape index (κ1) is 26.7. The third kappa shape index (κ3) is 5.99. The maximum atomic E-state index is 13.7. The van der Waals surface area contributed by atoms with Crippen molar-refractivity contribution in [2.24, 2.45) is 16.3 Å². The lowest BCUT2D eigenvalue weighted by molar-refractivity contribution is 0.102. The van der Waals surface area contributed by atoms with E-state index in [1.807, 2.05) is 38.5 Å². The number of carbonyl (C=O) groups excluding carboxylic acids is 1. The molecule has 1 N–H and O–H groups in total. The van der Waals surface area contributed by atoms with E-state index in [0.717, 1.165) is 41.1 Å². The summed E-state index contributed by atoms with van der Waals surface area (Å²) in [7, 11) is 7.23. The van der Waals surface area contributed by atoms with Crippen molar-refractivity contribution in [3.05, 3.63) is 64.0 Å². The molecule has 4 rings (SSSR count). The lowest BCUT2D eigenvalue weighted by Gasteiger charge is -2.33. The zero-order chi connectivity index (χ0) is 26.7. The topological polar surface area (TPSA) is 63.2 Å². The molecule has 0 radical (unpaired) electrons. The van der Waals surface area contributed by atoms with E-state index >= 15 is 0 Å². The fraction of sp³-hybridized carbons (Fsp3) is 0.400. The molecule has 7 heteroatoms. The Kier molecular flexibility index (Phi) is 7.93. The van der Waals surface area contributed by atoms with E-state index in [2.05, 4.69) is 43.1 Å². The highest BCUT2D eigenvalue weighted by atomic mass is 32.1. The van der Waals surface area contributed by atoms with Gasteiger partial charge in [-0.05, 0) is 66.0 Å². The monoisotopic (exact) mass is 519 g/mol. The van der Waals surface area contributed by atoms with Crippen LogP contribution in [0.5, 0.6) is 11.5 Å². The second-order valence-electron chi connectivity index (χ2n) is 10.8. The van der Waals surface area contributed by atoms with Gasteiger partial charge in [0.2, 0.25) is 0 Å². The molecule has 0 saturated carbocycles. The Morgan fingerprint density at radius 1 is 1.11 bits per heavy atom. The Labute approximate surface area is 224 Å². The molecule has 196 valence electrons. The zero-order valence-electron chi connectivity index (χ0n) is 22.8. The van der Waals surface area contributed by atoms with Crippen LogP contribution in [-0.2, 0) is 12.8 Å². The first-order valence-corrected chi connectivity index (χ1v) is 13.4. The number of benzene rings is 2. The van der Waals surface area contributed by atoms with Gasteiger partial charge in [0.25, 0.3) is 5.91 Å². The molecule has 0 saturated heterocycles. The predicted molar refractivity (Wildman–Crippen MR) is 155 cm³/mol. The van der Waals surface area contributed by atoms with Crippen LogP contribution in [0.15, 0.2) is 47.5 Å². The van der Waals surface area contributed by atoms with E-state index in [1.165, 1.54) is 4.88 Å². The molecule has 6 nitrogen and oxygen atoms in total. The molecule has 1 heterocycles. The predicted octanol–water partition coefficient (Wildman–Crippen LogP) is 6.99.